The number of aromatic amines is 2. The maximum absolute atomic E-state index is 11.2. The molecule has 9 nitrogen and oxygen atoms in total. The summed E-state index contributed by atoms with van der Waals surface area (Å²) in [7, 11) is 1.50. The lowest BCUT2D eigenvalue weighted by atomic mass is 10.1. The van der Waals surface area contributed by atoms with Crippen molar-refractivity contribution in [1.29, 1.82) is 0 Å². The lowest BCUT2D eigenvalue weighted by molar-refractivity contribution is -0.132. The van der Waals surface area contributed by atoms with Gasteiger partial charge >= 0.3 is 5.97 Å². The molecule has 2 heterocycles. The number of rotatable bonds is 6. The molecule has 2 aromatic heterocycles. The van der Waals surface area contributed by atoms with Crippen LogP contribution in [0.5, 0.6) is 11.5 Å². The Morgan fingerprint density at radius 3 is 2.65 bits per heavy atom. The number of benzene rings is 2. The molecule has 0 fully saturated rings. The van der Waals surface area contributed by atoms with E-state index in [0.29, 0.717) is 27.8 Å². The molecule has 31 heavy (non-hydrogen) atoms. The van der Waals surface area contributed by atoms with Crippen LogP contribution in [0.15, 0.2) is 59.7 Å². The maximum Gasteiger partial charge on any atom is 0.308 e. The van der Waals surface area contributed by atoms with Gasteiger partial charge in [-0.15, -0.1) is 0 Å². The Bertz CT molecular complexity index is 1310. The molecule has 4 rings (SSSR count). The number of esters is 1. The summed E-state index contributed by atoms with van der Waals surface area (Å²) < 4.78 is 12.2. The van der Waals surface area contributed by atoms with E-state index in [1.54, 1.807) is 24.4 Å². The molecular formula is C21H18N6O3S. The lowest BCUT2D eigenvalue weighted by Gasteiger charge is -2.08. The fourth-order valence-corrected chi connectivity index (χ4v) is 3.07. The van der Waals surface area contributed by atoms with E-state index >= 15 is 0 Å². The molecule has 0 atom stereocenters. The highest BCUT2D eigenvalue weighted by Crippen LogP contribution is 2.28. The largest absolute Gasteiger partial charge is 0.493 e. The van der Waals surface area contributed by atoms with E-state index in [9.17, 15) is 4.79 Å². The quantitative estimate of drug-likeness (QED) is 0.207. The first-order valence-electron chi connectivity index (χ1n) is 9.24. The van der Waals surface area contributed by atoms with Crippen LogP contribution in [0.1, 0.15) is 12.5 Å². The Morgan fingerprint density at radius 1 is 1.10 bits per heavy atom. The van der Waals surface area contributed by atoms with Crippen LogP contribution in [-0.2, 0) is 4.79 Å². The second kappa shape index (κ2) is 8.76. The van der Waals surface area contributed by atoms with Crippen molar-refractivity contribution in [3.63, 3.8) is 0 Å². The average Bonchev–Trinajstić information content (AvgIpc) is 3.40. The molecule has 0 aliphatic heterocycles. The van der Waals surface area contributed by atoms with Crippen LogP contribution in [0.3, 0.4) is 0 Å². The van der Waals surface area contributed by atoms with Crippen LogP contribution in [0.25, 0.3) is 22.8 Å². The van der Waals surface area contributed by atoms with Gasteiger partial charge in [-0.25, -0.2) is 5.10 Å². The van der Waals surface area contributed by atoms with Crippen molar-refractivity contribution in [3.05, 3.63) is 64.9 Å². The van der Waals surface area contributed by atoms with Crippen molar-refractivity contribution in [2.24, 2.45) is 5.10 Å². The molecule has 2 N–H and O–H groups in total. The normalized spacial score (nSPS) is 11.0. The minimum absolute atomic E-state index is 0.325. The summed E-state index contributed by atoms with van der Waals surface area (Å²) in [5.74, 6) is 0.804. The first-order chi connectivity index (χ1) is 15.0. The van der Waals surface area contributed by atoms with E-state index in [1.165, 1.54) is 18.7 Å². The summed E-state index contributed by atoms with van der Waals surface area (Å²) in [6.07, 6.45) is 1.60. The summed E-state index contributed by atoms with van der Waals surface area (Å²) in [5.41, 5.74) is 3.14. The number of carbonyl (C=O) groups is 1. The average molecular weight is 434 g/mol. The fraction of sp³-hybridized carbons (Fsp3) is 0.0952. The van der Waals surface area contributed by atoms with E-state index in [4.69, 9.17) is 21.7 Å². The van der Waals surface area contributed by atoms with Gasteiger partial charge in [0.05, 0.1) is 19.0 Å². The predicted octanol–water partition coefficient (Wildman–Crippen LogP) is 3.81. The van der Waals surface area contributed by atoms with Gasteiger partial charge in [-0.05, 0) is 42.0 Å². The van der Waals surface area contributed by atoms with Gasteiger partial charge in [0.25, 0.3) is 0 Å². The number of hydrogen-bond donors (Lipinski definition) is 2. The third kappa shape index (κ3) is 4.43. The first kappa shape index (κ1) is 20.2. The third-order valence-electron chi connectivity index (χ3n) is 4.30. The topological polar surface area (TPSA) is 110 Å². The SMILES string of the molecule is COc1cc(C=Nn2c(-c3cc(-c4ccccc4)n[nH]3)n[nH]c2=S)ccc1OC(C)=O. The number of H-pyrrole nitrogens is 2. The predicted molar refractivity (Wildman–Crippen MR) is 118 cm³/mol. The molecule has 0 spiro atoms. The zero-order chi connectivity index (χ0) is 21.8. The Labute approximate surface area is 182 Å². The van der Waals surface area contributed by atoms with Crippen molar-refractivity contribution >= 4 is 24.4 Å². The summed E-state index contributed by atoms with van der Waals surface area (Å²) in [4.78, 5) is 11.2. The highest BCUT2D eigenvalue weighted by atomic mass is 32.1. The van der Waals surface area contributed by atoms with Crippen molar-refractivity contribution < 1.29 is 14.3 Å². The van der Waals surface area contributed by atoms with Crippen LogP contribution in [-0.4, -0.2) is 44.4 Å². The summed E-state index contributed by atoms with van der Waals surface area (Å²) in [6.45, 7) is 1.33. The standard InChI is InChI=1S/C21H18N6O3S/c1-13(28)30-18-9-8-14(10-19(18)29-2)12-22-27-20(25-26-21(27)31)17-11-16(23-24-17)15-6-4-3-5-7-15/h3-12H,1-2H3,(H,23,24)(H,26,31). The lowest BCUT2D eigenvalue weighted by Crippen LogP contribution is -2.03. The second-order valence-electron chi connectivity index (χ2n) is 6.45. The molecule has 0 unspecified atom stereocenters. The van der Waals surface area contributed by atoms with Crippen LogP contribution in [0.2, 0.25) is 0 Å². The van der Waals surface area contributed by atoms with Gasteiger partial charge in [0.1, 0.15) is 5.69 Å². The van der Waals surface area contributed by atoms with E-state index in [1.807, 2.05) is 36.4 Å². The highest BCUT2D eigenvalue weighted by molar-refractivity contribution is 7.71. The summed E-state index contributed by atoms with van der Waals surface area (Å²) >= 11 is 5.32. The summed E-state index contributed by atoms with van der Waals surface area (Å²) in [6, 6.07) is 16.8. The molecule has 4 aromatic rings. The van der Waals surface area contributed by atoms with Gasteiger partial charge in [0.15, 0.2) is 11.5 Å². The molecule has 0 aliphatic carbocycles. The minimum atomic E-state index is -0.427. The monoisotopic (exact) mass is 434 g/mol. The Morgan fingerprint density at radius 2 is 1.90 bits per heavy atom. The van der Waals surface area contributed by atoms with Gasteiger partial charge < -0.3 is 9.47 Å². The number of nitrogens with one attached hydrogen (secondary N) is 2. The number of aromatic nitrogens is 5. The van der Waals surface area contributed by atoms with E-state index in [-0.39, 0.29) is 0 Å². The number of nitrogens with zero attached hydrogens (tertiary/aromatic N) is 4. The molecular weight excluding hydrogens is 416 g/mol. The molecule has 0 saturated carbocycles. The highest BCUT2D eigenvalue weighted by Gasteiger charge is 2.13. The number of ether oxygens (including phenoxy) is 2. The number of carbonyl (C=O) groups excluding carboxylic acids is 1. The fourth-order valence-electron chi connectivity index (χ4n) is 2.89. The maximum atomic E-state index is 11.2. The zero-order valence-electron chi connectivity index (χ0n) is 16.7. The van der Waals surface area contributed by atoms with Crippen LogP contribution < -0.4 is 9.47 Å². The molecule has 0 radical (unpaired) electrons. The van der Waals surface area contributed by atoms with E-state index in [0.717, 1.165) is 16.8 Å². The van der Waals surface area contributed by atoms with Crippen molar-refractivity contribution in [2.75, 3.05) is 7.11 Å². The molecule has 2 aromatic carbocycles. The number of hydrogen-bond acceptors (Lipinski definition) is 7. The van der Waals surface area contributed by atoms with Gasteiger partial charge in [-0.2, -0.15) is 20.0 Å². The third-order valence-corrected chi connectivity index (χ3v) is 4.57. The van der Waals surface area contributed by atoms with E-state index in [2.05, 4.69) is 25.5 Å². The van der Waals surface area contributed by atoms with Gasteiger partial charge in [-0.1, -0.05) is 30.3 Å². The second-order valence-corrected chi connectivity index (χ2v) is 6.83. The van der Waals surface area contributed by atoms with Crippen LogP contribution in [0.4, 0.5) is 0 Å². The Hall–Kier alpha value is -4.05. The van der Waals surface area contributed by atoms with Crippen LogP contribution >= 0.6 is 12.2 Å². The molecule has 0 amide bonds. The Kier molecular flexibility index (Phi) is 5.72. The Balaban J connectivity index is 1.63. The minimum Gasteiger partial charge on any atom is -0.493 e. The van der Waals surface area contributed by atoms with Gasteiger partial charge in [0, 0.05) is 12.5 Å². The zero-order valence-corrected chi connectivity index (χ0v) is 17.5. The molecule has 0 aliphatic rings. The molecule has 10 heteroatoms. The molecule has 0 saturated heterocycles. The molecule has 0 bridgehead atoms. The van der Waals surface area contributed by atoms with E-state index < -0.39 is 5.97 Å². The first-order valence-corrected chi connectivity index (χ1v) is 9.65. The van der Waals surface area contributed by atoms with Gasteiger partial charge in [0.2, 0.25) is 10.6 Å². The smallest absolute Gasteiger partial charge is 0.308 e. The summed E-state index contributed by atoms with van der Waals surface area (Å²) in [5, 5.41) is 18.8. The molecule has 156 valence electrons. The van der Waals surface area contributed by atoms with Crippen molar-refractivity contribution in [2.45, 2.75) is 6.92 Å². The number of methoxy groups -OCH3 is 1. The van der Waals surface area contributed by atoms with Crippen molar-refractivity contribution in [3.8, 4) is 34.3 Å². The van der Waals surface area contributed by atoms with Gasteiger partial charge in [-0.3, -0.25) is 9.89 Å². The van der Waals surface area contributed by atoms with Crippen LogP contribution in [0, 0.1) is 4.77 Å². The van der Waals surface area contributed by atoms with Crippen molar-refractivity contribution in [1.82, 2.24) is 25.1 Å².